The molecule has 0 amide bonds. The summed E-state index contributed by atoms with van der Waals surface area (Å²) < 4.78 is 7.13. The molecule has 0 atom stereocenters. The van der Waals surface area contributed by atoms with Crippen molar-refractivity contribution in [1.29, 1.82) is 5.26 Å². The van der Waals surface area contributed by atoms with Crippen molar-refractivity contribution in [1.82, 2.24) is 0 Å². The van der Waals surface area contributed by atoms with E-state index >= 15 is 0 Å². The van der Waals surface area contributed by atoms with E-state index in [1.54, 1.807) is 18.4 Å². The van der Waals surface area contributed by atoms with Gasteiger partial charge in [0, 0.05) is 8.95 Å². The quantitative estimate of drug-likeness (QED) is 0.566. The number of benzene rings is 1. The second-order valence-corrected chi connectivity index (χ2v) is 4.31. The van der Waals surface area contributed by atoms with Crippen molar-refractivity contribution in [2.45, 2.75) is 0 Å². The molecule has 0 fully saturated rings. The summed E-state index contributed by atoms with van der Waals surface area (Å²) in [6, 6.07) is 3.49. The molecule has 0 aliphatic rings. The predicted molar refractivity (Wildman–Crippen MR) is 55.8 cm³/mol. The van der Waals surface area contributed by atoms with E-state index in [0.29, 0.717) is 5.75 Å². The van der Waals surface area contributed by atoms with Crippen LogP contribution in [0, 0.1) is 11.5 Å². The maximum atomic E-state index is 8.28. The van der Waals surface area contributed by atoms with Crippen LogP contribution in [0.4, 0.5) is 0 Å². The Morgan fingerprint density at radius 3 is 2.42 bits per heavy atom. The highest BCUT2D eigenvalue weighted by molar-refractivity contribution is 9.14. The number of ether oxygens (including phenoxy) is 1. The van der Waals surface area contributed by atoms with Crippen LogP contribution in [0.5, 0.6) is 5.75 Å². The van der Waals surface area contributed by atoms with Gasteiger partial charge in [0.05, 0.1) is 4.47 Å². The first kappa shape index (κ1) is 10.0. The zero-order valence-electron chi connectivity index (χ0n) is 5.64. The summed E-state index contributed by atoms with van der Waals surface area (Å²) in [6.07, 6.45) is 1.61. The molecule has 0 aliphatic carbocycles. The van der Waals surface area contributed by atoms with Gasteiger partial charge in [-0.2, -0.15) is 0 Å². The molecule has 0 radical (unpaired) electrons. The monoisotopic (exact) mass is 353 g/mol. The zero-order valence-corrected chi connectivity index (χ0v) is 10.4. The van der Waals surface area contributed by atoms with E-state index in [-0.39, 0.29) is 0 Å². The first-order chi connectivity index (χ1) is 5.66. The first-order valence-electron chi connectivity index (χ1n) is 2.86. The predicted octanol–water partition coefficient (Wildman–Crippen LogP) is 3.83. The second-order valence-electron chi connectivity index (χ2n) is 1.87. The number of rotatable bonds is 1. The van der Waals surface area contributed by atoms with Crippen LogP contribution >= 0.6 is 47.8 Å². The van der Waals surface area contributed by atoms with Gasteiger partial charge in [0.2, 0.25) is 0 Å². The fourth-order valence-electron chi connectivity index (χ4n) is 0.636. The molecule has 12 heavy (non-hydrogen) atoms. The highest BCUT2D eigenvalue weighted by Crippen LogP contribution is 2.37. The van der Waals surface area contributed by atoms with E-state index in [1.165, 1.54) is 0 Å². The van der Waals surface area contributed by atoms with Crippen LogP contribution in [0.1, 0.15) is 0 Å². The van der Waals surface area contributed by atoms with Crippen LogP contribution in [0.15, 0.2) is 25.6 Å². The van der Waals surface area contributed by atoms with Gasteiger partial charge in [-0.3, -0.25) is 0 Å². The number of hydrogen-bond donors (Lipinski definition) is 0. The summed E-state index contributed by atoms with van der Waals surface area (Å²) in [6.45, 7) is 0. The summed E-state index contributed by atoms with van der Waals surface area (Å²) in [5.74, 6) is 0.493. The van der Waals surface area contributed by atoms with Crippen LogP contribution in [0.3, 0.4) is 0 Å². The van der Waals surface area contributed by atoms with Crippen LogP contribution < -0.4 is 4.74 Å². The molecule has 0 saturated heterocycles. The maximum Gasteiger partial charge on any atom is 0.292 e. The van der Waals surface area contributed by atoms with E-state index in [9.17, 15) is 0 Å². The maximum absolute atomic E-state index is 8.28. The van der Waals surface area contributed by atoms with Gasteiger partial charge >= 0.3 is 0 Å². The Bertz CT molecular complexity index is 345. The minimum Gasteiger partial charge on any atom is -0.387 e. The summed E-state index contributed by atoms with van der Waals surface area (Å²) in [5.41, 5.74) is 0. The Hall–Kier alpha value is -0.0500. The van der Waals surface area contributed by atoms with Crippen LogP contribution in [-0.2, 0) is 0 Å². The van der Waals surface area contributed by atoms with E-state index in [4.69, 9.17) is 5.26 Å². The molecule has 2 nitrogen and oxygen atoms in total. The molecular formula is C7H2Br3NO. The van der Waals surface area contributed by atoms with E-state index < -0.39 is 0 Å². The zero-order chi connectivity index (χ0) is 9.14. The summed E-state index contributed by atoms with van der Waals surface area (Å²) in [4.78, 5) is 0. The molecule has 1 rings (SSSR count). The lowest BCUT2D eigenvalue weighted by atomic mass is 10.3. The summed E-state index contributed by atoms with van der Waals surface area (Å²) in [5, 5.41) is 8.28. The largest absolute Gasteiger partial charge is 0.387 e. The van der Waals surface area contributed by atoms with Gasteiger partial charge in [-0.15, -0.1) is 5.26 Å². The average Bonchev–Trinajstić information content (AvgIpc) is 2.07. The Balaban J connectivity index is 3.19. The van der Waals surface area contributed by atoms with Gasteiger partial charge < -0.3 is 4.74 Å². The third kappa shape index (κ3) is 2.00. The van der Waals surface area contributed by atoms with Crippen molar-refractivity contribution in [3.63, 3.8) is 0 Å². The third-order valence-electron chi connectivity index (χ3n) is 1.16. The molecule has 0 N–H and O–H groups in total. The van der Waals surface area contributed by atoms with Crippen molar-refractivity contribution in [2.24, 2.45) is 0 Å². The standard InChI is InChI=1S/C7H2Br3NO/c8-4-1-2-5(12-3-11)7(10)6(4)9/h1-2H. The van der Waals surface area contributed by atoms with E-state index in [1.807, 2.05) is 0 Å². The van der Waals surface area contributed by atoms with Crippen LogP contribution in [0.2, 0.25) is 0 Å². The van der Waals surface area contributed by atoms with Crippen LogP contribution in [0.25, 0.3) is 0 Å². The van der Waals surface area contributed by atoms with E-state index in [2.05, 4.69) is 52.5 Å². The molecular weight excluding hydrogens is 354 g/mol. The van der Waals surface area contributed by atoms with Crippen molar-refractivity contribution < 1.29 is 4.74 Å². The molecule has 62 valence electrons. The number of nitriles is 1. The lowest BCUT2D eigenvalue weighted by Crippen LogP contribution is -1.84. The third-order valence-corrected chi connectivity index (χ3v) is 4.49. The van der Waals surface area contributed by atoms with Crippen molar-refractivity contribution >= 4 is 47.8 Å². The minimum atomic E-state index is 0.493. The fraction of sp³-hybridized carbons (Fsp3) is 0. The molecule has 0 heterocycles. The van der Waals surface area contributed by atoms with Gasteiger partial charge in [0.25, 0.3) is 6.26 Å². The molecule has 0 bridgehead atoms. The Morgan fingerprint density at radius 2 is 1.83 bits per heavy atom. The van der Waals surface area contributed by atoms with Crippen molar-refractivity contribution in [2.75, 3.05) is 0 Å². The second kappa shape index (κ2) is 4.26. The van der Waals surface area contributed by atoms with Crippen molar-refractivity contribution in [3.8, 4) is 12.0 Å². The van der Waals surface area contributed by atoms with Crippen molar-refractivity contribution in [3.05, 3.63) is 25.6 Å². The smallest absolute Gasteiger partial charge is 0.292 e. The fourth-order valence-corrected chi connectivity index (χ4v) is 1.99. The van der Waals surface area contributed by atoms with Gasteiger partial charge in [-0.05, 0) is 59.9 Å². The number of hydrogen-bond acceptors (Lipinski definition) is 2. The van der Waals surface area contributed by atoms with Gasteiger partial charge in [-0.25, -0.2) is 0 Å². The molecule has 0 saturated carbocycles. The Morgan fingerprint density at radius 1 is 1.17 bits per heavy atom. The molecule has 0 spiro atoms. The highest BCUT2D eigenvalue weighted by Gasteiger charge is 2.07. The summed E-state index contributed by atoms with van der Waals surface area (Å²) in [7, 11) is 0. The van der Waals surface area contributed by atoms with Crippen LogP contribution in [-0.4, -0.2) is 0 Å². The molecule has 0 aromatic heterocycles. The molecule has 0 aliphatic heterocycles. The van der Waals surface area contributed by atoms with E-state index in [0.717, 1.165) is 13.4 Å². The van der Waals surface area contributed by atoms with Gasteiger partial charge in [0.1, 0.15) is 0 Å². The molecule has 5 heteroatoms. The number of halogens is 3. The highest BCUT2D eigenvalue weighted by atomic mass is 79.9. The topological polar surface area (TPSA) is 33.0 Å². The van der Waals surface area contributed by atoms with Gasteiger partial charge in [-0.1, -0.05) is 0 Å². The lowest BCUT2D eigenvalue weighted by Gasteiger charge is -2.03. The normalized spacial score (nSPS) is 9.17. The minimum absolute atomic E-state index is 0.493. The molecule has 0 unspecified atom stereocenters. The molecule has 1 aromatic rings. The first-order valence-corrected chi connectivity index (χ1v) is 5.24. The Kier molecular flexibility index (Phi) is 3.56. The molecule has 1 aromatic carbocycles. The number of nitrogens with zero attached hydrogens (tertiary/aromatic N) is 1. The Labute approximate surface area is 94.9 Å². The lowest BCUT2D eigenvalue weighted by molar-refractivity contribution is 0.503. The summed E-state index contributed by atoms with van der Waals surface area (Å²) >= 11 is 9.91. The van der Waals surface area contributed by atoms with Gasteiger partial charge in [0.15, 0.2) is 5.75 Å². The SMILES string of the molecule is N#COc1ccc(Br)c(Br)c1Br. The average molecular weight is 356 g/mol.